The highest BCUT2D eigenvalue weighted by atomic mass is 35.5. The molecule has 0 aliphatic carbocycles. The number of aryl methyl sites for hydroxylation is 1. The first-order valence-electron chi connectivity index (χ1n) is 8.78. The maximum absolute atomic E-state index is 12.2. The van der Waals surface area contributed by atoms with Crippen molar-refractivity contribution >= 4 is 41.4 Å². The Morgan fingerprint density at radius 3 is 2.66 bits per heavy atom. The lowest BCUT2D eigenvalue weighted by Crippen LogP contribution is -2.37. The van der Waals surface area contributed by atoms with Crippen LogP contribution >= 0.6 is 23.4 Å². The number of hydrogen-bond donors (Lipinski definition) is 1. The molecule has 0 spiro atoms. The highest BCUT2D eigenvalue weighted by Gasteiger charge is 2.38. The number of thioether (sulfide) groups is 1. The first-order valence-corrected chi connectivity index (χ1v) is 10.4. The number of carbonyl (C=O) groups excluding carboxylic acids is 1. The van der Waals surface area contributed by atoms with Gasteiger partial charge in [0.25, 0.3) is 0 Å². The summed E-state index contributed by atoms with van der Waals surface area (Å²) in [5, 5.41) is 2.53. The standard InChI is InChI=1S/C21H21ClF3NO2S/c1-28-18-11-9-14(8-10-16-17(22)6-3-7-19(16)29-2)13-15(18)5-4-12-26-20(27)21(23,24)25/h3,6-11,13H,4-5,12H2,1-2H3,(H,26,27)/b10-8+. The van der Waals surface area contributed by atoms with Crippen LogP contribution in [0, 0.1) is 0 Å². The molecule has 156 valence electrons. The van der Waals surface area contributed by atoms with Gasteiger partial charge in [0.1, 0.15) is 5.75 Å². The van der Waals surface area contributed by atoms with Gasteiger partial charge in [-0.1, -0.05) is 35.9 Å². The van der Waals surface area contributed by atoms with Gasteiger partial charge in [0.15, 0.2) is 0 Å². The fourth-order valence-electron chi connectivity index (χ4n) is 2.72. The van der Waals surface area contributed by atoms with Crippen LogP contribution in [-0.4, -0.2) is 32.0 Å². The van der Waals surface area contributed by atoms with E-state index in [4.69, 9.17) is 16.3 Å². The fourth-order valence-corrected chi connectivity index (χ4v) is 3.62. The minimum absolute atomic E-state index is 0.0712. The van der Waals surface area contributed by atoms with E-state index in [0.717, 1.165) is 21.6 Å². The normalized spacial score (nSPS) is 11.7. The number of benzene rings is 2. The third-order valence-corrected chi connectivity index (χ3v) is 5.27. The van der Waals surface area contributed by atoms with Crippen LogP contribution in [0.1, 0.15) is 23.1 Å². The Labute approximate surface area is 177 Å². The zero-order valence-electron chi connectivity index (χ0n) is 16.0. The Hall–Kier alpha value is -2.12. The van der Waals surface area contributed by atoms with E-state index >= 15 is 0 Å². The second-order valence-corrected chi connectivity index (χ2v) is 7.37. The Kier molecular flexibility index (Phi) is 8.46. The number of ether oxygens (including phenoxy) is 1. The minimum atomic E-state index is -4.86. The molecule has 0 bridgehead atoms. The monoisotopic (exact) mass is 443 g/mol. The zero-order valence-corrected chi connectivity index (χ0v) is 17.5. The molecule has 2 rings (SSSR count). The molecule has 0 saturated carbocycles. The Balaban J connectivity index is 2.10. The van der Waals surface area contributed by atoms with Gasteiger partial charge in [0, 0.05) is 22.0 Å². The van der Waals surface area contributed by atoms with Gasteiger partial charge in [-0.15, -0.1) is 11.8 Å². The predicted molar refractivity (Wildman–Crippen MR) is 113 cm³/mol. The summed E-state index contributed by atoms with van der Waals surface area (Å²) in [6.45, 7) is -0.0712. The van der Waals surface area contributed by atoms with Crippen molar-refractivity contribution in [2.24, 2.45) is 0 Å². The molecule has 29 heavy (non-hydrogen) atoms. The second kappa shape index (κ2) is 10.6. The minimum Gasteiger partial charge on any atom is -0.496 e. The van der Waals surface area contributed by atoms with Gasteiger partial charge < -0.3 is 10.1 Å². The van der Waals surface area contributed by atoms with E-state index in [2.05, 4.69) is 0 Å². The van der Waals surface area contributed by atoms with Crippen molar-refractivity contribution < 1.29 is 22.7 Å². The summed E-state index contributed by atoms with van der Waals surface area (Å²) < 4.78 is 42.0. The van der Waals surface area contributed by atoms with Crippen LogP contribution in [0.4, 0.5) is 13.2 Å². The number of amides is 1. The number of alkyl halides is 3. The van der Waals surface area contributed by atoms with Crippen molar-refractivity contribution in [2.45, 2.75) is 23.9 Å². The molecular formula is C21H21ClF3NO2S. The Bertz CT molecular complexity index is 885. The Morgan fingerprint density at radius 2 is 2.00 bits per heavy atom. The lowest BCUT2D eigenvalue weighted by atomic mass is 10.0. The fraction of sp³-hybridized carbons (Fsp3) is 0.286. The number of nitrogens with one attached hydrogen (secondary N) is 1. The molecule has 0 unspecified atom stereocenters. The summed E-state index contributed by atoms with van der Waals surface area (Å²) in [7, 11) is 1.54. The van der Waals surface area contributed by atoms with Gasteiger partial charge in [0.05, 0.1) is 7.11 Å². The van der Waals surface area contributed by atoms with E-state index in [0.29, 0.717) is 23.6 Å². The summed E-state index contributed by atoms with van der Waals surface area (Å²) >= 11 is 7.90. The van der Waals surface area contributed by atoms with Crippen LogP contribution in [-0.2, 0) is 11.2 Å². The molecular weight excluding hydrogens is 423 g/mol. The third-order valence-electron chi connectivity index (χ3n) is 4.15. The van der Waals surface area contributed by atoms with Gasteiger partial charge in [-0.25, -0.2) is 0 Å². The van der Waals surface area contributed by atoms with E-state index in [-0.39, 0.29) is 6.54 Å². The number of methoxy groups -OCH3 is 1. The first-order chi connectivity index (χ1) is 13.8. The van der Waals surface area contributed by atoms with E-state index in [9.17, 15) is 18.0 Å². The first kappa shape index (κ1) is 23.2. The lowest BCUT2D eigenvalue weighted by Gasteiger charge is -2.11. The van der Waals surface area contributed by atoms with Gasteiger partial charge in [-0.05, 0) is 54.5 Å². The molecule has 0 aromatic heterocycles. The topological polar surface area (TPSA) is 38.3 Å². The van der Waals surface area contributed by atoms with E-state index in [1.807, 2.05) is 60.1 Å². The lowest BCUT2D eigenvalue weighted by molar-refractivity contribution is -0.173. The molecule has 2 aromatic carbocycles. The molecule has 1 amide bonds. The molecule has 0 aliphatic heterocycles. The summed E-state index contributed by atoms with van der Waals surface area (Å²) in [4.78, 5) is 11.9. The molecule has 0 saturated heterocycles. The van der Waals surface area contributed by atoms with Crippen molar-refractivity contribution in [1.82, 2.24) is 5.32 Å². The van der Waals surface area contributed by atoms with Crippen molar-refractivity contribution in [3.05, 3.63) is 58.1 Å². The summed E-state index contributed by atoms with van der Waals surface area (Å²) in [6, 6.07) is 11.3. The zero-order chi connectivity index (χ0) is 21.4. The number of halogens is 4. The van der Waals surface area contributed by atoms with Gasteiger partial charge >= 0.3 is 12.1 Å². The molecule has 0 aliphatic rings. The Morgan fingerprint density at radius 1 is 1.24 bits per heavy atom. The maximum Gasteiger partial charge on any atom is 0.471 e. The maximum atomic E-state index is 12.2. The van der Waals surface area contributed by atoms with Crippen molar-refractivity contribution in [2.75, 3.05) is 19.9 Å². The molecule has 0 radical (unpaired) electrons. The SMILES string of the molecule is COc1ccc(/C=C/c2c(Cl)cccc2SC)cc1CCCNC(=O)C(F)(F)F. The van der Waals surface area contributed by atoms with Gasteiger partial charge in [-0.2, -0.15) is 13.2 Å². The molecule has 8 heteroatoms. The molecule has 3 nitrogen and oxygen atoms in total. The summed E-state index contributed by atoms with van der Waals surface area (Å²) in [5.41, 5.74) is 2.68. The average Bonchev–Trinajstić information content (AvgIpc) is 2.69. The van der Waals surface area contributed by atoms with E-state index < -0.39 is 12.1 Å². The average molecular weight is 444 g/mol. The van der Waals surface area contributed by atoms with Crippen molar-refractivity contribution in [1.29, 1.82) is 0 Å². The van der Waals surface area contributed by atoms with Crippen LogP contribution in [0.3, 0.4) is 0 Å². The van der Waals surface area contributed by atoms with Crippen molar-refractivity contribution in [3.8, 4) is 5.75 Å². The molecule has 1 N–H and O–H groups in total. The highest BCUT2D eigenvalue weighted by Crippen LogP contribution is 2.29. The van der Waals surface area contributed by atoms with Crippen LogP contribution in [0.5, 0.6) is 5.75 Å². The largest absolute Gasteiger partial charge is 0.496 e. The van der Waals surface area contributed by atoms with E-state index in [1.54, 1.807) is 11.8 Å². The quantitative estimate of drug-likeness (QED) is 0.316. The summed E-state index contributed by atoms with van der Waals surface area (Å²) in [5.74, 6) is -1.28. The number of rotatable bonds is 8. The highest BCUT2D eigenvalue weighted by molar-refractivity contribution is 7.98. The van der Waals surface area contributed by atoms with Crippen LogP contribution in [0.25, 0.3) is 12.2 Å². The molecule has 0 fully saturated rings. The van der Waals surface area contributed by atoms with E-state index in [1.165, 1.54) is 7.11 Å². The van der Waals surface area contributed by atoms with Crippen molar-refractivity contribution in [3.63, 3.8) is 0 Å². The molecule has 2 aromatic rings. The number of hydrogen-bond acceptors (Lipinski definition) is 3. The molecule has 0 atom stereocenters. The summed E-state index contributed by atoms with van der Waals surface area (Å²) in [6.07, 6.45) is 1.79. The van der Waals surface area contributed by atoms with Gasteiger partial charge in [-0.3, -0.25) is 4.79 Å². The van der Waals surface area contributed by atoms with Crippen LogP contribution in [0.15, 0.2) is 41.3 Å². The second-order valence-electron chi connectivity index (χ2n) is 6.12. The smallest absolute Gasteiger partial charge is 0.471 e. The van der Waals surface area contributed by atoms with Crippen LogP contribution < -0.4 is 10.1 Å². The predicted octanol–water partition coefficient (Wildman–Crippen LogP) is 5.85. The number of carbonyl (C=O) groups is 1. The molecule has 0 heterocycles. The third kappa shape index (κ3) is 6.72. The van der Waals surface area contributed by atoms with Gasteiger partial charge in [0.2, 0.25) is 0 Å². The van der Waals surface area contributed by atoms with Crippen LogP contribution in [0.2, 0.25) is 5.02 Å².